The third-order valence-electron chi connectivity index (χ3n) is 2.69. The number of benzene rings is 1. The predicted octanol–water partition coefficient (Wildman–Crippen LogP) is 2.28. The van der Waals surface area contributed by atoms with Gasteiger partial charge >= 0.3 is 0 Å². The van der Waals surface area contributed by atoms with Gasteiger partial charge in [-0.2, -0.15) is 0 Å². The van der Waals surface area contributed by atoms with Crippen molar-refractivity contribution in [3.63, 3.8) is 0 Å². The molecule has 0 unspecified atom stereocenters. The van der Waals surface area contributed by atoms with Crippen molar-refractivity contribution < 1.29 is 12.8 Å². The lowest BCUT2D eigenvalue weighted by Crippen LogP contribution is -2.27. The Morgan fingerprint density at radius 3 is 2.60 bits per heavy atom. The molecule has 0 aliphatic heterocycles. The fourth-order valence-electron chi connectivity index (χ4n) is 1.57. The quantitative estimate of drug-likeness (QED) is 0.942. The Hall–Kier alpha value is -1.86. The minimum absolute atomic E-state index is 0.0213. The van der Waals surface area contributed by atoms with Gasteiger partial charge in [0.1, 0.15) is 16.5 Å². The Balaban J connectivity index is 2.50. The van der Waals surface area contributed by atoms with Crippen LogP contribution < -0.4 is 10.0 Å². The topological polar surface area (TPSA) is 76.3 Å². The average molecular weight is 316 g/mol. The van der Waals surface area contributed by atoms with Gasteiger partial charge < -0.3 is 5.73 Å². The third kappa shape index (κ3) is 2.54. The number of halogens is 2. The van der Waals surface area contributed by atoms with Crippen LogP contribution in [0.1, 0.15) is 0 Å². The Kier molecular flexibility index (Phi) is 3.82. The van der Waals surface area contributed by atoms with Crippen LogP contribution in [0.25, 0.3) is 0 Å². The first-order valence-corrected chi connectivity index (χ1v) is 7.30. The van der Waals surface area contributed by atoms with Gasteiger partial charge in [0.15, 0.2) is 0 Å². The van der Waals surface area contributed by atoms with E-state index in [2.05, 4.69) is 4.98 Å². The molecule has 0 radical (unpaired) electrons. The zero-order chi connectivity index (χ0) is 14.9. The van der Waals surface area contributed by atoms with Gasteiger partial charge in [-0.15, -0.1) is 0 Å². The molecule has 5 nitrogen and oxygen atoms in total. The molecule has 1 aromatic carbocycles. The first kappa shape index (κ1) is 14.5. The summed E-state index contributed by atoms with van der Waals surface area (Å²) in [5.74, 6) is -0.618. The molecule has 106 valence electrons. The van der Waals surface area contributed by atoms with Crippen LogP contribution in [0.3, 0.4) is 0 Å². The van der Waals surface area contributed by atoms with Crippen LogP contribution in [0.15, 0.2) is 41.4 Å². The molecule has 0 atom stereocenters. The summed E-state index contributed by atoms with van der Waals surface area (Å²) in [7, 11) is -2.71. The van der Waals surface area contributed by atoms with Crippen molar-refractivity contribution in [2.45, 2.75) is 4.90 Å². The molecule has 0 saturated carbocycles. The molecule has 8 heteroatoms. The number of nitrogen functional groups attached to an aromatic ring is 1. The fraction of sp³-hybridized carbons (Fsp3) is 0.0833. The minimum atomic E-state index is -3.96. The molecular weight excluding hydrogens is 305 g/mol. The van der Waals surface area contributed by atoms with Crippen molar-refractivity contribution in [2.24, 2.45) is 0 Å². The summed E-state index contributed by atoms with van der Waals surface area (Å²) in [5, 5.41) is 0.0213. The standard InChI is InChI=1S/C12H11ClFN3O2S/c1-17(11-5-3-2-4-10(11)14)20(18,19)8-6-9(13)12(15)16-7-8/h2-7H,1H3,(H2,15,16). The van der Waals surface area contributed by atoms with Crippen LogP contribution in [0, 0.1) is 5.82 Å². The molecule has 2 N–H and O–H groups in total. The van der Waals surface area contributed by atoms with E-state index in [4.69, 9.17) is 17.3 Å². The van der Waals surface area contributed by atoms with Crippen LogP contribution in [-0.2, 0) is 10.0 Å². The highest BCUT2D eigenvalue weighted by atomic mass is 35.5. The highest BCUT2D eigenvalue weighted by Gasteiger charge is 2.24. The van der Waals surface area contributed by atoms with Crippen LogP contribution in [0.5, 0.6) is 0 Å². The van der Waals surface area contributed by atoms with Gasteiger partial charge in [-0.1, -0.05) is 23.7 Å². The van der Waals surface area contributed by atoms with E-state index in [0.717, 1.165) is 10.5 Å². The van der Waals surface area contributed by atoms with Gasteiger partial charge in [-0.3, -0.25) is 4.31 Å². The van der Waals surface area contributed by atoms with E-state index in [1.807, 2.05) is 0 Å². The number of sulfonamides is 1. The summed E-state index contributed by atoms with van der Waals surface area (Å²) in [6.07, 6.45) is 1.08. The minimum Gasteiger partial charge on any atom is -0.382 e. The molecule has 0 spiro atoms. The molecule has 20 heavy (non-hydrogen) atoms. The maximum Gasteiger partial charge on any atom is 0.265 e. The van der Waals surface area contributed by atoms with Crippen LogP contribution in [0.2, 0.25) is 5.02 Å². The lowest BCUT2D eigenvalue weighted by atomic mass is 10.3. The summed E-state index contributed by atoms with van der Waals surface area (Å²) in [5.41, 5.74) is 5.36. The summed E-state index contributed by atoms with van der Waals surface area (Å²) in [6, 6.07) is 6.73. The molecule has 0 amide bonds. The second kappa shape index (κ2) is 5.26. The smallest absolute Gasteiger partial charge is 0.265 e. The molecule has 2 rings (SSSR count). The predicted molar refractivity (Wildman–Crippen MR) is 75.6 cm³/mol. The lowest BCUT2D eigenvalue weighted by molar-refractivity contribution is 0.589. The van der Waals surface area contributed by atoms with E-state index in [9.17, 15) is 12.8 Å². The van der Waals surface area contributed by atoms with Crippen molar-refractivity contribution in [1.82, 2.24) is 4.98 Å². The molecule has 1 heterocycles. The number of aromatic nitrogens is 1. The van der Waals surface area contributed by atoms with Crippen LogP contribution in [0.4, 0.5) is 15.9 Å². The number of para-hydroxylation sites is 1. The van der Waals surface area contributed by atoms with Crippen molar-refractivity contribution in [3.8, 4) is 0 Å². The number of nitrogens with two attached hydrogens (primary N) is 1. The fourth-order valence-corrected chi connectivity index (χ4v) is 2.97. The molecule has 0 fully saturated rings. The largest absolute Gasteiger partial charge is 0.382 e. The summed E-state index contributed by atoms with van der Waals surface area (Å²) < 4.78 is 39.2. The highest BCUT2D eigenvalue weighted by Crippen LogP contribution is 2.26. The van der Waals surface area contributed by atoms with E-state index < -0.39 is 15.8 Å². The number of hydrogen-bond acceptors (Lipinski definition) is 4. The number of rotatable bonds is 3. The maximum absolute atomic E-state index is 13.7. The monoisotopic (exact) mass is 315 g/mol. The molecule has 0 aliphatic rings. The first-order valence-electron chi connectivity index (χ1n) is 5.48. The SMILES string of the molecule is CN(c1ccccc1F)S(=O)(=O)c1cnc(N)c(Cl)c1. The van der Waals surface area contributed by atoms with Gasteiger partial charge in [-0.25, -0.2) is 17.8 Å². The first-order chi connectivity index (χ1) is 9.34. The molecule has 2 aromatic rings. The zero-order valence-electron chi connectivity index (χ0n) is 10.4. The molecule has 0 aliphatic carbocycles. The lowest BCUT2D eigenvalue weighted by Gasteiger charge is -2.20. The van der Waals surface area contributed by atoms with Gasteiger partial charge in [0, 0.05) is 13.2 Å². The summed E-state index contributed by atoms with van der Waals surface area (Å²) in [4.78, 5) is 3.53. The van der Waals surface area contributed by atoms with Crippen molar-refractivity contribution >= 4 is 33.1 Å². The van der Waals surface area contributed by atoms with Crippen molar-refractivity contribution in [2.75, 3.05) is 17.1 Å². The van der Waals surface area contributed by atoms with E-state index in [0.29, 0.717) is 0 Å². The third-order valence-corrected chi connectivity index (χ3v) is 4.73. The normalized spacial score (nSPS) is 11.3. The Morgan fingerprint density at radius 1 is 1.35 bits per heavy atom. The molecule has 1 aromatic heterocycles. The summed E-state index contributed by atoms with van der Waals surface area (Å²) >= 11 is 5.76. The van der Waals surface area contributed by atoms with Crippen LogP contribution in [-0.4, -0.2) is 20.4 Å². The second-order valence-electron chi connectivity index (χ2n) is 3.96. The van der Waals surface area contributed by atoms with Gasteiger partial charge in [-0.05, 0) is 18.2 Å². The van der Waals surface area contributed by atoms with Gasteiger partial charge in [0.25, 0.3) is 10.0 Å². The number of nitrogens with zero attached hydrogens (tertiary/aromatic N) is 2. The number of anilines is 2. The maximum atomic E-state index is 13.7. The molecular formula is C12H11ClFN3O2S. The van der Waals surface area contributed by atoms with Crippen LogP contribution >= 0.6 is 11.6 Å². The van der Waals surface area contributed by atoms with Crippen molar-refractivity contribution in [1.29, 1.82) is 0 Å². The Morgan fingerprint density at radius 2 is 2.00 bits per heavy atom. The van der Waals surface area contributed by atoms with Crippen molar-refractivity contribution in [3.05, 3.63) is 47.4 Å². The highest BCUT2D eigenvalue weighted by molar-refractivity contribution is 7.92. The zero-order valence-corrected chi connectivity index (χ0v) is 12.0. The van der Waals surface area contributed by atoms with E-state index in [1.165, 1.54) is 31.3 Å². The van der Waals surface area contributed by atoms with E-state index in [1.54, 1.807) is 6.07 Å². The summed E-state index contributed by atoms with van der Waals surface area (Å²) in [6.45, 7) is 0. The molecule has 0 bridgehead atoms. The van der Waals surface area contributed by atoms with Gasteiger partial charge in [0.2, 0.25) is 0 Å². The number of hydrogen-bond donors (Lipinski definition) is 1. The van der Waals surface area contributed by atoms with Gasteiger partial charge in [0.05, 0.1) is 10.7 Å². The molecule has 0 saturated heterocycles. The Bertz CT molecular complexity index is 752. The number of pyridine rings is 1. The second-order valence-corrected chi connectivity index (χ2v) is 6.34. The average Bonchev–Trinajstić information content (AvgIpc) is 2.41. The van der Waals surface area contributed by atoms with E-state index in [-0.39, 0.29) is 21.4 Å². The van der Waals surface area contributed by atoms with E-state index >= 15 is 0 Å². The Labute approximate surface area is 120 Å².